The molecule has 0 aliphatic carbocycles. The summed E-state index contributed by atoms with van der Waals surface area (Å²) in [5.41, 5.74) is 0.868. The van der Waals surface area contributed by atoms with Crippen molar-refractivity contribution in [3.63, 3.8) is 0 Å². The average molecular weight is 248 g/mol. The first kappa shape index (κ1) is 12.0. The highest BCUT2D eigenvalue weighted by Crippen LogP contribution is 2.17. The van der Waals surface area contributed by atoms with Crippen molar-refractivity contribution in [1.29, 1.82) is 0 Å². The Bertz CT molecular complexity index is 538. The van der Waals surface area contributed by atoms with E-state index in [1.807, 2.05) is 12.1 Å². The summed E-state index contributed by atoms with van der Waals surface area (Å²) in [6.07, 6.45) is 3.33. The number of ether oxygens (including phenoxy) is 2. The SMILES string of the molecule is COC(=O)COc1nc(-c2ccncc2)n(C)n1. The molecule has 2 heterocycles. The lowest BCUT2D eigenvalue weighted by Gasteiger charge is -1.98. The summed E-state index contributed by atoms with van der Waals surface area (Å²) in [4.78, 5) is 19.0. The number of aryl methyl sites for hydroxylation is 1. The van der Waals surface area contributed by atoms with Crippen LogP contribution in [0.4, 0.5) is 0 Å². The quantitative estimate of drug-likeness (QED) is 0.730. The first-order chi connectivity index (χ1) is 8.70. The molecule has 2 aromatic heterocycles. The van der Waals surface area contributed by atoms with Gasteiger partial charge in [-0.3, -0.25) is 4.98 Å². The van der Waals surface area contributed by atoms with Gasteiger partial charge < -0.3 is 9.47 Å². The van der Waals surface area contributed by atoms with E-state index in [1.165, 1.54) is 7.11 Å². The third kappa shape index (κ3) is 2.62. The van der Waals surface area contributed by atoms with Crippen molar-refractivity contribution in [3.05, 3.63) is 24.5 Å². The first-order valence-electron chi connectivity index (χ1n) is 5.21. The number of hydrogen-bond donors (Lipinski definition) is 0. The fourth-order valence-corrected chi connectivity index (χ4v) is 1.36. The number of nitrogens with zero attached hydrogens (tertiary/aromatic N) is 4. The second kappa shape index (κ2) is 5.26. The Kier molecular flexibility index (Phi) is 3.52. The van der Waals surface area contributed by atoms with E-state index in [2.05, 4.69) is 19.8 Å². The molecule has 0 aromatic carbocycles. The number of methoxy groups -OCH3 is 1. The molecular weight excluding hydrogens is 236 g/mol. The number of carbonyl (C=O) groups is 1. The van der Waals surface area contributed by atoms with E-state index < -0.39 is 5.97 Å². The van der Waals surface area contributed by atoms with Gasteiger partial charge in [0.15, 0.2) is 12.4 Å². The van der Waals surface area contributed by atoms with E-state index in [4.69, 9.17) is 4.74 Å². The Morgan fingerprint density at radius 1 is 1.39 bits per heavy atom. The number of esters is 1. The second-order valence-electron chi connectivity index (χ2n) is 3.44. The number of hydrogen-bond acceptors (Lipinski definition) is 6. The molecule has 0 spiro atoms. The van der Waals surface area contributed by atoms with Crippen molar-refractivity contribution in [2.75, 3.05) is 13.7 Å². The Labute approximate surface area is 103 Å². The monoisotopic (exact) mass is 248 g/mol. The van der Waals surface area contributed by atoms with E-state index in [1.54, 1.807) is 24.1 Å². The normalized spacial score (nSPS) is 10.1. The van der Waals surface area contributed by atoms with Crippen LogP contribution in [-0.2, 0) is 16.6 Å². The second-order valence-corrected chi connectivity index (χ2v) is 3.44. The molecule has 2 aromatic rings. The Balaban J connectivity index is 2.15. The van der Waals surface area contributed by atoms with Gasteiger partial charge in [0.05, 0.1) is 7.11 Å². The fraction of sp³-hybridized carbons (Fsp3) is 0.273. The molecule has 0 aliphatic rings. The van der Waals surface area contributed by atoms with Crippen LogP contribution >= 0.6 is 0 Å². The zero-order chi connectivity index (χ0) is 13.0. The average Bonchev–Trinajstić information content (AvgIpc) is 2.78. The standard InChI is InChI=1S/C11H12N4O3/c1-15-10(8-3-5-12-6-4-8)13-11(14-15)18-7-9(16)17-2/h3-6H,7H2,1-2H3. The third-order valence-corrected chi connectivity index (χ3v) is 2.23. The Hall–Kier alpha value is -2.44. The molecule has 94 valence electrons. The predicted octanol–water partition coefficient (Wildman–Crippen LogP) is 0.429. The molecule has 0 saturated heterocycles. The lowest BCUT2D eigenvalue weighted by atomic mass is 10.2. The smallest absolute Gasteiger partial charge is 0.344 e. The molecule has 0 radical (unpaired) electrons. The minimum absolute atomic E-state index is 0.134. The molecule has 0 bridgehead atoms. The first-order valence-corrected chi connectivity index (χ1v) is 5.21. The molecule has 0 unspecified atom stereocenters. The van der Waals surface area contributed by atoms with Gasteiger partial charge in [-0.2, -0.15) is 4.98 Å². The number of aromatic nitrogens is 4. The molecule has 0 atom stereocenters. The van der Waals surface area contributed by atoms with Gasteiger partial charge >= 0.3 is 12.0 Å². The van der Waals surface area contributed by atoms with Crippen LogP contribution < -0.4 is 4.74 Å². The lowest BCUT2D eigenvalue weighted by molar-refractivity contribution is -0.143. The summed E-state index contributed by atoms with van der Waals surface area (Å²) >= 11 is 0. The summed E-state index contributed by atoms with van der Waals surface area (Å²) in [6.45, 7) is -0.212. The molecule has 18 heavy (non-hydrogen) atoms. The maximum Gasteiger partial charge on any atom is 0.344 e. The molecular formula is C11H12N4O3. The van der Waals surface area contributed by atoms with E-state index in [0.29, 0.717) is 5.82 Å². The van der Waals surface area contributed by atoms with Crippen LogP contribution in [0.1, 0.15) is 0 Å². The van der Waals surface area contributed by atoms with Crippen LogP contribution in [-0.4, -0.2) is 39.4 Å². The van der Waals surface area contributed by atoms with Crippen molar-refractivity contribution < 1.29 is 14.3 Å². The Morgan fingerprint density at radius 2 is 2.11 bits per heavy atom. The van der Waals surface area contributed by atoms with Crippen LogP contribution in [0.25, 0.3) is 11.4 Å². The summed E-state index contributed by atoms with van der Waals surface area (Å²) in [7, 11) is 3.04. The minimum atomic E-state index is -0.479. The topological polar surface area (TPSA) is 79.1 Å². The maximum atomic E-state index is 10.9. The largest absolute Gasteiger partial charge is 0.466 e. The van der Waals surface area contributed by atoms with E-state index >= 15 is 0 Å². The van der Waals surface area contributed by atoms with Gasteiger partial charge in [0.25, 0.3) is 0 Å². The van der Waals surface area contributed by atoms with E-state index in [-0.39, 0.29) is 12.6 Å². The number of rotatable bonds is 4. The lowest BCUT2D eigenvalue weighted by Crippen LogP contribution is -2.13. The number of pyridine rings is 1. The van der Waals surface area contributed by atoms with Crippen molar-refractivity contribution in [2.45, 2.75) is 0 Å². The fourth-order valence-electron chi connectivity index (χ4n) is 1.36. The molecule has 0 aliphatic heterocycles. The summed E-state index contributed by atoms with van der Waals surface area (Å²) in [5.74, 6) is 0.158. The predicted molar refractivity (Wildman–Crippen MR) is 61.7 cm³/mol. The van der Waals surface area contributed by atoms with Crippen molar-refractivity contribution in [2.24, 2.45) is 7.05 Å². The summed E-state index contributed by atoms with van der Waals surface area (Å²) in [5, 5.41) is 4.05. The summed E-state index contributed by atoms with van der Waals surface area (Å²) in [6, 6.07) is 3.76. The van der Waals surface area contributed by atoms with Gasteiger partial charge in [-0.1, -0.05) is 0 Å². The zero-order valence-electron chi connectivity index (χ0n) is 10.0. The molecule has 2 rings (SSSR count). The molecule has 0 N–H and O–H groups in total. The highest BCUT2D eigenvalue weighted by molar-refractivity contribution is 5.70. The van der Waals surface area contributed by atoms with E-state index in [0.717, 1.165) is 5.56 Å². The third-order valence-electron chi connectivity index (χ3n) is 2.23. The molecule has 7 heteroatoms. The van der Waals surface area contributed by atoms with Crippen LogP contribution in [0, 0.1) is 0 Å². The molecule has 0 saturated carbocycles. The van der Waals surface area contributed by atoms with Gasteiger partial charge in [0.2, 0.25) is 0 Å². The van der Waals surface area contributed by atoms with Crippen molar-refractivity contribution >= 4 is 5.97 Å². The van der Waals surface area contributed by atoms with Crippen LogP contribution in [0.2, 0.25) is 0 Å². The summed E-state index contributed by atoms with van der Waals surface area (Å²) < 4.78 is 11.1. The van der Waals surface area contributed by atoms with Gasteiger partial charge in [-0.15, -0.1) is 5.10 Å². The molecule has 7 nitrogen and oxygen atoms in total. The van der Waals surface area contributed by atoms with Gasteiger partial charge in [-0.25, -0.2) is 9.48 Å². The minimum Gasteiger partial charge on any atom is -0.466 e. The van der Waals surface area contributed by atoms with Gasteiger partial charge in [-0.05, 0) is 12.1 Å². The van der Waals surface area contributed by atoms with Gasteiger partial charge in [0.1, 0.15) is 0 Å². The Morgan fingerprint density at radius 3 is 2.78 bits per heavy atom. The number of carbonyl (C=O) groups excluding carboxylic acids is 1. The molecule has 0 fully saturated rings. The van der Waals surface area contributed by atoms with Crippen LogP contribution in [0.3, 0.4) is 0 Å². The zero-order valence-corrected chi connectivity index (χ0v) is 10.0. The van der Waals surface area contributed by atoms with Gasteiger partial charge in [0, 0.05) is 25.0 Å². The van der Waals surface area contributed by atoms with Crippen molar-refractivity contribution in [1.82, 2.24) is 19.7 Å². The molecule has 0 amide bonds. The van der Waals surface area contributed by atoms with Crippen molar-refractivity contribution in [3.8, 4) is 17.4 Å². The van der Waals surface area contributed by atoms with E-state index in [9.17, 15) is 4.79 Å². The van der Waals surface area contributed by atoms with Crippen LogP contribution in [0.15, 0.2) is 24.5 Å². The highest BCUT2D eigenvalue weighted by Gasteiger charge is 2.11. The van der Waals surface area contributed by atoms with Crippen LogP contribution in [0.5, 0.6) is 6.01 Å². The highest BCUT2D eigenvalue weighted by atomic mass is 16.6. The maximum absolute atomic E-state index is 10.9.